The Morgan fingerprint density at radius 3 is 2.94 bits per heavy atom. The lowest BCUT2D eigenvalue weighted by Crippen LogP contribution is -2.40. The van der Waals surface area contributed by atoms with Gasteiger partial charge in [-0.1, -0.05) is 11.6 Å². The molecule has 90 valence electrons. The van der Waals surface area contributed by atoms with E-state index in [-0.39, 0.29) is 0 Å². The van der Waals surface area contributed by atoms with Crippen LogP contribution in [0.5, 0.6) is 0 Å². The molecule has 1 N–H and O–H groups in total. The quantitative estimate of drug-likeness (QED) is 0.914. The molecule has 16 heavy (non-hydrogen) atoms. The van der Waals surface area contributed by atoms with Crippen LogP contribution in [0.25, 0.3) is 0 Å². The van der Waals surface area contributed by atoms with Crippen LogP contribution >= 0.6 is 46.5 Å². The van der Waals surface area contributed by atoms with Crippen molar-refractivity contribution in [3.05, 3.63) is 21.3 Å². The fourth-order valence-corrected chi connectivity index (χ4v) is 5.91. The number of hydrogen-bond donors (Lipinski definition) is 1. The van der Waals surface area contributed by atoms with Crippen LogP contribution in [-0.2, 0) is 6.42 Å². The van der Waals surface area contributed by atoms with Gasteiger partial charge in [0.05, 0.1) is 4.34 Å². The molecule has 0 bridgehead atoms. The maximum absolute atomic E-state index is 5.96. The second-order valence-corrected chi connectivity index (χ2v) is 8.09. The van der Waals surface area contributed by atoms with E-state index in [9.17, 15) is 0 Å². The molecular formula is C11H16ClNS3. The zero-order chi connectivity index (χ0) is 11.4. The number of thioether (sulfide) groups is 2. The van der Waals surface area contributed by atoms with Crippen LogP contribution in [-0.4, -0.2) is 35.6 Å². The van der Waals surface area contributed by atoms with Crippen LogP contribution in [0, 0.1) is 0 Å². The second kappa shape index (κ2) is 6.55. The lowest BCUT2D eigenvalue weighted by molar-refractivity contribution is 0.561. The summed E-state index contributed by atoms with van der Waals surface area (Å²) in [4.78, 5) is 1.39. The molecule has 0 spiro atoms. The van der Waals surface area contributed by atoms with E-state index < -0.39 is 0 Å². The summed E-state index contributed by atoms with van der Waals surface area (Å²) in [6.45, 7) is 0. The molecule has 0 saturated carbocycles. The molecule has 2 heterocycles. The van der Waals surface area contributed by atoms with Crippen molar-refractivity contribution in [1.29, 1.82) is 0 Å². The first kappa shape index (κ1) is 13.1. The molecule has 0 amide bonds. The van der Waals surface area contributed by atoms with Crippen molar-refractivity contribution in [2.75, 3.05) is 24.3 Å². The molecule has 0 aromatic carbocycles. The molecule has 0 radical (unpaired) electrons. The van der Waals surface area contributed by atoms with E-state index in [1.807, 2.05) is 6.07 Å². The van der Waals surface area contributed by atoms with Gasteiger partial charge in [-0.15, -0.1) is 11.3 Å². The second-order valence-electron chi connectivity index (χ2n) is 3.79. The Morgan fingerprint density at radius 2 is 2.38 bits per heavy atom. The molecule has 1 fully saturated rings. The van der Waals surface area contributed by atoms with Crippen LogP contribution < -0.4 is 5.32 Å². The minimum atomic E-state index is 0.576. The van der Waals surface area contributed by atoms with Crippen LogP contribution in [0.1, 0.15) is 4.88 Å². The third-order valence-corrected chi connectivity index (χ3v) is 6.88. The van der Waals surface area contributed by atoms with Crippen LogP contribution in [0.15, 0.2) is 12.1 Å². The topological polar surface area (TPSA) is 12.0 Å². The summed E-state index contributed by atoms with van der Waals surface area (Å²) in [5.41, 5.74) is 0. The number of thiophene rings is 1. The standard InChI is InChI=1S/C11H16ClNS3/c1-13-9(10-7-14-4-5-15-10)6-8-2-3-11(12)16-8/h2-3,9-10,13H,4-7H2,1H3. The Bertz CT molecular complexity index is 323. The number of likely N-dealkylation sites (N-methyl/N-ethyl adjacent to an activating group) is 1. The van der Waals surface area contributed by atoms with Gasteiger partial charge in [-0.05, 0) is 25.6 Å². The highest BCUT2D eigenvalue weighted by atomic mass is 35.5. The SMILES string of the molecule is CNC(Cc1ccc(Cl)s1)C1CSCCS1. The molecule has 1 aliphatic rings. The van der Waals surface area contributed by atoms with Crippen molar-refractivity contribution < 1.29 is 0 Å². The van der Waals surface area contributed by atoms with Gasteiger partial charge >= 0.3 is 0 Å². The largest absolute Gasteiger partial charge is 0.316 e. The van der Waals surface area contributed by atoms with Gasteiger partial charge in [-0.25, -0.2) is 0 Å². The molecule has 1 aromatic heterocycles. The smallest absolute Gasteiger partial charge is 0.0931 e. The van der Waals surface area contributed by atoms with Crippen molar-refractivity contribution in [2.24, 2.45) is 0 Å². The van der Waals surface area contributed by atoms with Gasteiger partial charge in [0.25, 0.3) is 0 Å². The summed E-state index contributed by atoms with van der Waals surface area (Å²) in [6, 6.07) is 4.72. The zero-order valence-electron chi connectivity index (χ0n) is 9.24. The molecular weight excluding hydrogens is 278 g/mol. The van der Waals surface area contributed by atoms with Gasteiger partial charge in [0.1, 0.15) is 0 Å². The first-order chi connectivity index (χ1) is 7.79. The first-order valence-corrected chi connectivity index (χ1v) is 8.80. The molecule has 0 aliphatic carbocycles. The van der Waals surface area contributed by atoms with Crippen molar-refractivity contribution in [3.8, 4) is 0 Å². The summed E-state index contributed by atoms with van der Waals surface area (Å²) >= 11 is 11.9. The Labute approximate surface area is 115 Å². The summed E-state index contributed by atoms with van der Waals surface area (Å²) in [5, 5.41) is 4.20. The van der Waals surface area contributed by atoms with E-state index in [0.29, 0.717) is 6.04 Å². The maximum Gasteiger partial charge on any atom is 0.0931 e. The summed E-state index contributed by atoms with van der Waals surface area (Å²) in [7, 11) is 2.07. The summed E-state index contributed by atoms with van der Waals surface area (Å²) < 4.78 is 0.899. The Morgan fingerprint density at radius 1 is 1.50 bits per heavy atom. The highest BCUT2D eigenvalue weighted by Gasteiger charge is 2.23. The number of halogens is 1. The fraction of sp³-hybridized carbons (Fsp3) is 0.636. The highest BCUT2D eigenvalue weighted by molar-refractivity contribution is 8.06. The van der Waals surface area contributed by atoms with E-state index >= 15 is 0 Å². The molecule has 1 nitrogen and oxygen atoms in total. The molecule has 2 atom stereocenters. The van der Waals surface area contributed by atoms with Gasteiger partial charge in [-0.2, -0.15) is 23.5 Å². The third kappa shape index (κ3) is 3.57. The van der Waals surface area contributed by atoms with E-state index in [1.165, 1.54) is 22.1 Å². The zero-order valence-corrected chi connectivity index (χ0v) is 12.4. The molecule has 1 aromatic rings. The van der Waals surface area contributed by atoms with Crippen LogP contribution in [0.3, 0.4) is 0 Å². The lowest BCUT2D eigenvalue weighted by Gasteiger charge is -2.29. The normalized spacial score (nSPS) is 23.2. The molecule has 5 heteroatoms. The van der Waals surface area contributed by atoms with E-state index in [1.54, 1.807) is 11.3 Å². The van der Waals surface area contributed by atoms with Crippen molar-refractivity contribution in [3.63, 3.8) is 0 Å². The van der Waals surface area contributed by atoms with Gasteiger partial charge in [0.15, 0.2) is 0 Å². The van der Waals surface area contributed by atoms with Crippen LogP contribution in [0.2, 0.25) is 4.34 Å². The average molecular weight is 294 g/mol. The van der Waals surface area contributed by atoms with Crippen molar-refractivity contribution >= 4 is 46.5 Å². The fourth-order valence-electron chi connectivity index (χ4n) is 1.84. The Kier molecular flexibility index (Phi) is 5.36. The average Bonchev–Trinajstić information content (AvgIpc) is 2.73. The predicted octanol–water partition coefficient (Wildman–Crippen LogP) is 3.38. The first-order valence-electron chi connectivity index (χ1n) is 5.40. The lowest BCUT2D eigenvalue weighted by atomic mass is 10.1. The van der Waals surface area contributed by atoms with Crippen molar-refractivity contribution in [1.82, 2.24) is 5.32 Å². The predicted molar refractivity (Wildman–Crippen MR) is 79.5 cm³/mol. The number of rotatable bonds is 4. The third-order valence-electron chi connectivity index (χ3n) is 2.71. The van der Waals surface area contributed by atoms with Gasteiger partial charge < -0.3 is 5.32 Å². The van der Waals surface area contributed by atoms with Gasteiger partial charge in [0, 0.05) is 33.4 Å². The maximum atomic E-state index is 5.96. The van der Waals surface area contributed by atoms with Crippen LogP contribution in [0.4, 0.5) is 0 Å². The van der Waals surface area contributed by atoms with Gasteiger partial charge in [-0.3, -0.25) is 0 Å². The molecule has 1 saturated heterocycles. The van der Waals surface area contributed by atoms with Crippen molar-refractivity contribution in [2.45, 2.75) is 17.7 Å². The minimum Gasteiger partial charge on any atom is -0.316 e. The van der Waals surface area contributed by atoms with E-state index in [0.717, 1.165) is 16.0 Å². The number of hydrogen-bond acceptors (Lipinski definition) is 4. The Balaban J connectivity index is 1.94. The molecule has 1 aliphatic heterocycles. The minimum absolute atomic E-state index is 0.576. The number of nitrogens with one attached hydrogen (secondary N) is 1. The van der Waals surface area contributed by atoms with Gasteiger partial charge in [0.2, 0.25) is 0 Å². The summed E-state index contributed by atoms with van der Waals surface area (Å²) in [5.74, 6) is 3.87. The summed E-state index contributed by atoms with van der Waals surface area (Å²) in [6.07, 6.45) is 1.10. The Hall–Kier alpha value is 0.650. The van der Waals surface area contributed by atoms with E-state index in [2.05, 4.69) is 42.0 Å². The molecule has 2 unspecified atom stereocenters. The van der Waals surface area contributed by atoms with E-state index in [4.69, 9.17) is 11.6 Å². The molecule has 2 rings (SSSR count). The highest BCUT2D eigenvalue weighted by Crippen LogP contribution is 2.29. The monoisotopic (exact) mass is 293 g/mol.